The van der Waals surface area contributed by atoms with Crippen molar-refractivity contribution in [2.24, 2.45) is 5.73 Å². The van der Waals surface area contributed by atoms with Crippen LogP contribution in [0.15, 0.2) is 73.1 Å². The van der Waals surface area contributed by atoms with Crippen LogP contribution in [0.5, 0.6) is 0 Å². The molecule has 0 spiro atoms. The van der Waals surface area contributed by atoms with Crippen LogP contribution in [-0.2, 0) is 6.54 Å². The van der Waals surface area contributed by atoms with Gasteiger partial charge in [-0.25, -0.2) is 0 Å². The van der Waals surface area contributed by atoms with Crippen LogP contribution in [-0.4, -0.2) is 27.9 Å². The van der Waals surface area contributed by atoms with Crippen molar-refractivity contribution >= 4 is 38.9 Å². The van der Waals surface area contributed by atoms with Gasteiger partial charge in [0.25, 0.3) is 5.91 Å². The molecule has 2 aromatic heterocycles. The Balaban J connectivity index is 1.48. The van der Waals surface area contributed by atoms with Crippen molar-refractivity contribution in [1.82, 2.24) is 9.88 Å². The van der Waals surface area contributed by atoms with Crippen LogP contribution in [0.3, 0.4) is 0 Å². The number of carbonyl (C=O) groups is 1. The zero-order valence-corrected chi connectivity index (χ0v) is 19.9. The molecular formula is C27H26ClN3OS. The molecule has 0 radical (unpaired) electrons. The van der Waals surface area contributed by atoms with Gasteiger partial charge in [-0.15, -0.1) is 11.3 Å². The number of aromatic nitrogens is 1. The molecule has 5 rings (SSSR count). The summed E-state index contributed by atoms with van der Waals surface area (Å²) in [6.07, 6.45) is 7.30. The average Bonchev–Trinajstić information content (AvgIpc) is 3.20. The van der Waals surface area contributed by atoms with Crippen molar-refractivity contribution in [3.8, 4) is 11.1 Å². The molecule has 1 amide bonds. The summed E-state index contributed by atoms with van der Waals surface area (Å²) in [6, 6.07) is 20.7. The van der Waals surface area contributed by atoms with E-state index in [1.165, 1.54) is 11.3 Å². The molecule has 2 N–H and O–H groups in total. The molecule has 0 bridgehead atoms. The van der Waals surface area contributed by atoms with Crippen molar-refractivity contribution < 1.29 is 4.79 Å². The number of hydrogen-bond donors (Lipinski definition) is 1. The van der Waals surface area contributed by atoms with Crippen LogP contribution >= 0.6 is 22.9 Å². The zero-order chi connectivity index (χ0) is 22.8. The summed E-state index contributed by atoms with van der Waals surface area (Å²) in [6.45, 7) is 0.544. The van der Waals surface area contributed by atoms with Crippen molar-refractivity contribution in [3.05, 3.63) is 88.5 Å². The van der Waals surface area contributed by atoms with Crippen LogP contribution in [0.1, 0.15) is 40.9 Å². The first-order valence-corrected chi connectivity index (χ1v) is 12.5. The highest BCUT2D eigenvalue weighted by Crippen LogP contribution is 2.37. The lowest BCUT2D eigenvalue weighted by Crippen LogP contribution is -2.43. The Kier molecular flexibility index (Phi) is 6.45. The van der Waals surface area contributed by atoms with Crippen molar-refractivity contribution in [2.45, 2.75) is 44.3 Å². The van der Waals surface area contributed by atoms with Crippen molar-refractivity contribution in [1.29, 1.82) is 0 Å². The number of nitrogens with two attached hydrogens (primary N) is 1. The van der Waals surface area contributed by atoms with E-state index in [4.69, 9.17) is 17.3 Å². The second-order valence-electron chi connectivity index (χ2n) is 8.68. The van der Waals surface area contributed by atoms with Gasteiger partial charge in [-0.05, 0) is 66.6 Å². The lowest BCUT2D eigenvalue weighted by Gasteiger charge is -2.36. The van der Waals surface area contributed by atoms with E-state index < -0.39 is 0 Å². The third-order valence-electron chi connectivity index (χ3n) is 6.47. The van der Waals surface area contributed by atoms with Gasteiger partial charge in [0.05, 0.1) is 5.02 Å². The zero-order valence-electron chi connectivity index (χ0n) is 18.3. The Morgan fingerprint density at radius 2 is 1.76 bits per heavy atom. The fourth-order valence-corrected chi connectivity index (χ4v) is 6.12. The van der Waals surface area contributed by atoms with Crippen LogP contribution < -0.4 is 5.73 Å². The van der Waals surface area contributed by atoms with Gasteiger partial charge in [-0.2, -0.15) is 0 Å². The van der Waals surface area contributed by atoms with Gasteiger partial charge in [0.15, 0.2) is 0 Å². The molecule has 0 atom stereocenters. The summed E-state index contributed by atoms with van der Waals surface area (Å²) in [4.78, 5) is 20.7. The number of benzene rings is 2. The van der Waals surface area contributed by atoms with E-state index in [0.717, 1.165) is 52.5 Å². The predicted octanol–water partition coefficient (Wildman–Crippen LogP) is 6.53. The Bertz CT molecular complexity index is 1260. The third kappa shape index (κ3) is 4.67. The van der Waals surface area contributed by atoms with E-state index >= 15 is 0 Å². The molecular weight excluding hydrogens is 450 g/mol. The number of halogens is 1. The van der Waals surface area contributed by atoms with E-state index in [2.05, 4.69) is 29.2 Å². The number of amides is 1. The first-order chi connectivity index (χ1) is 16.1. The second-order valence-corrected chi connectivity index (χ2v) is 10.1. The Morgan fingerprint density at radius 1 is 1.00 bits per heavy atom. The summed E-state index contributed by atoms with van der Waals surface area (Å²) in [7, 11) is 0. The van der Waals surface area contributed by atoms with Crippen molar-refractivity contribution in [2.75, 3.05) is 0 Å². The standard InChI is InChI=1S/C27H26ClN3OS/c28-25-23-6-1-2-7-24(23)33-26(25)27(32)31(22-10-8-21(29)9-11-22)17-18-4-3-5-20(16-18)19-12-14-30-15-13-19/h1-7,12-16,21-22H,8-11,17,29H2/t21-,22-. The van der Waals surface area contributed by atoms with Crippen LogP contribution in [0.2, 0.25) is 5.02 Å². The van der Waals surface area contributed by atoms with E-state index in [-0.39, 0.29) is 18.0 Å². The quantitative estimate of drug-likeness (QED) is 0.357. The van der Waals surface area contributed by atoms with E-state index in [1.54, 1.807) is 12.4 Å². The molecule has 2 aromatic carbocycles. The first-order valence-electron chi connectivity index (χ1n) is 11.3. The van der Waals surface area contributed by atoms with Gasteiger partial charge in [0.1, 0.15) is 4.88 Å². The smallest absolute Gasteiger partial charge is 0.266 e. The summed E-state index contributed by atoms with van der Waals surface area (Å²) in [5, 5.41) is 1.50. The average molecular weight is 476 g/mol. The molecule has 1 aliphatic carbocycles. The third-order valence-corrected chi connectivity index (χ3v) is 8.13. The number of fused-ring (bicyclic) bond motifs is 1. The molecule has 168 valence electrons. The maximum Gasteiger partial charge on any atom is 0.266 e. The van der Waals surface area contributed by atoms with Crippen molar-refractivity contribution in [3.63, 3.8) is 0 Å². The Morgan fingerprint density at radius 3 is 2.52 bits per heavy atom. The maximum absolute atomic E-state index is 13.9. The van der Waals surface area contributed by atoms with Gasteiger partial charge in [0, 0.05) is 41.1 Å². The minimum Gasteiger partial charge on any atom is -0.331 e. The highest BCUT2D eigenvalue weighted by molar-refractivity contribution is 7.21. The number of nitrogens with zero attached hydrogens (tertiary/aromatic N) is 2. The predicted molar refractivity (Wildman–Crippen MR) is 137 cm³/mol. The molecule has 6 heteroatoms. The van der Waals surface area contributed by atoms with E-state index in [0.29, 0.717) is 16.4 Å². The highest BCUT2D eigenvalue weighted by Gasteiger charge is 2.31. The summed E-state index contributed by atoms with van der Waals surface area (Å²) in [5.41, 5.74) is 9.50. The molecule has 4 nitrogen and oxygen atoms in total. The van der Waals surface area contributed by atoms with Gasteiger partial charge >= 0.3 is 0 Å². The topological polar surface area (TPSA) is 59.2 Å². The van der Waals surface area contributed by atoms with Crippen LogP contribution in [0.4, 0.5) is 0 Å². The fourth-order valence-electron chi connectivity index (χ4n) is 4.65. The minimum absolute atomic E-state index is 0.0102. The first kappa shape index (κ1) is 22.1. The number of carbonyl (C=O) groups excluding carboxylic acids is 1. The molecule has 0 aliphatic heterocycles. The van der Waals surface area contributed by atoms with Gasteiger partial charge in [0.2, 0.25) is 0 Å². The Hall–Kier alpha value is -2.73. The van der Waals surface area contributed by atoms with Gasteiger partial charge in [-0.1, -0.05) is 48.0 Å². The molecule has 0 saturated heterocycles. The molecule has 2 heterocycles. The number of pyridine rings is 1. The second kappa shape index (κ2) is 9.64. The monoisotopic (exact) mass is 475 g/mol. The van der Waals surface area contributed by atoms with Crippen LogP contribution in [0, 0.1) is 0 Å². The Labute approximate surface area is 203 Å². The number of rotatable bonds is 5. The summed E-state index contributed by atoms with van der Waals surface area (Å²) < 4.78 is 1.04. The maximum atomic E-state index is 13.9. The molecule has 0 unspecified atom stereocenters. The molecule has 1 aliphatic rings. The largest absolute Gasteiger partial charge is 0.331 e. The van der Waals surface area contributed by atoms with Crippen LogP contribution in [0.25, 0.3) is 21.2 Å². The molecule has 33 heavy (non-hydrogen) atoms. The summed E-state index contributed by atoms with van der Waals surface area (Å²) in [5.74, 6) is 0.0102. The molecule has 1 fully saturated rings. The molecule has 4 aromatic rings. The van der Waals surface area contributed by atoms with Gasteiger partial charge in [-0.3, -0.25) is 9.78 Å². The number of thiophene rings is 1. The lowest BCUT2D eigenvalue weighted by molar-refractivity contribution is 0.0611. The normalized spacial score (nSPS) is 18.4. The van der Waals surface area contributed by atoms with E-state index in [1.807, 2.05) is 41.3 Å². The fraction of sp³-hybridized carbons (Fsp3) is 0.259. The number of hydrogen-bond acceptors (Lipinski definition) is 4. The van der Waals surface area contributed by atoms with E-state index in [9.17, 15) is 4.79 Å². The minimum atomic E-state index is 0.0102. The summed E-state index contributed by atoms with van der Waals surface area (Å²) >= 11 is 8.18. The lowest BCUT2D eigenvalue weighted by atomic mass is 9.90. The molecule has 1 saturated carbocycles. The SMILES string of the molecule is N[C@H]1CC[C@H](N(Cc2cccc(-c3ccncc3)c2)C(=O)c2sc3ccccc3c2Cl)CC1. The highest BCUT2D eigenvalue weighted by atomic mass is 35.5. The van der Waals surface area contributed by atoms with Gasteiger partial charge < -0.3 is 10.6 Å².